The fourth-order valence-corrected chi connectivity index (χ4v) is 3.54. The van der Waals surface area contributed by atoms with Crippen LogP contribution in [0.3, 0.4) is 0 Å². The molecule has 2 N–H and O–H groups in total. The zero-order valence-corrected chi connectivity index (χ0v) is 16.3. The second-order valence-electron chi connectivity index (χ2n) is 8.44. The monoisotopic (exact) mass is 368 g/mol. The van der Waals surface area contributed by atoms with Gasteiger partial charge < -0.3 is 15.3 Å². The molecule has 1 fully saturated rings. The molecule has 3 rings (SSSR count). The molecule has 0 saturated carbocycles. The van der Waals surface area contributed by atoms with E-state index in [0.29, 0.717) is 24.9 Å². The van der Waals surface area contributed by atoms with Crippen LogP contribution in [0.2, 0.25) is 0 Å². The van der Waals surface area contributed by atoms with Crippen LogP contribution in [-0.4, -0.2) is 41.0 Å². The molecule has 0 aromatic heterocycles. The van der Waals surface area contributed by atoms with Crippen molar-refractivity contribution in [2.45, 2.75) is 46.1 Å². The van der Waals surface area contributed by atoms with Gasteiger partial charge in [-0.05, 0) is 36.1 Å². The van der Waals surface area contributed by atoms with Crippen molar-refractivity contribution < 1.29 is 14.7 Å². The third kappa shape index (κ3) is 4.24. The Labute approximate surface area is 160 Å². The van der Waals surface area contributed by atoms with E-state index in [0.717, 1.165) is 18.2 Å². The van der Waals surface area contributed by atoms with Crippen molar-refractivity contribution >= 4 is 22.6 Å². The molecule has 27 heavy (non-hydrogen) atoms. The van der Waals surface area contributed by atoms with Gasteiger partial charge in [0.2, 0.25) is 5.91 Å². The highest BCUT2D eigenvalue weighted by Gasteiger charge is 2.35. The summed E-state index contributed by atoms with van der Waals surface area (Å²) < 4.78 is 0. The molecule has 5 heteroatoms. The van der Waals surface area contributed by atoms with E-state index in [1.54, 1.807) is 17.0 Å². The minimum absolute atomic E-state index is 0.0168. The molecule has 1 aliphatic heterocycles. The standard InChI is InChI=1S/C22H28N2O3/c1-22(2,3)12-13-23-20(26)18-9-6-14-24(18)21(27)17-11-10-15-7-4-5-8-16(15)19(17)25/h4-5,7-8,10-11,18,25H,6,9,12-14H2,1-3H3,(H,23,26). The van der Waals surface area contributed by atoms with Gasteiger partial charge >= 0.3 is 0 Å². The third-order valence-electron chi connectivity index (χ3n) is 5.12. The number of carbonyl (C=O) groups excluding carboxylic acids is 2. The molecule has 1 saturated heterocycles. The second-order valence-corrected chi connectivity index (χ2v) is 8.44. The van der Waals surface area contributed by atoms with Gasteiger partial charge in [0, 0.05) is 18.5 Å². The van der Waals surface area contributed by atoms with Gasteiger partial charge in [-0.1, -0.05) is 51.1 Å². The van der Waals surface area contributed by atoms with Crippen LogP contribution in [0.15, 0.2) is 36.4 Å². The number of likely N-dealkylation sites (tertiary alicyclic amines) is 1. The molecule has 0 spiro atoms. The molecule has 2 aromatic rings. The van der Waals surface area contributed by atoms with Crippen molar-refractivity contribution in [1.82, 2.24) is 10.2 Å². The van der Waals surface area contributed by atoms with Crippen LogP contribution in [-0.2, 0) is 4.79 Å². The van der Waals surface area contributed by atoms with Gasteiger partial charge in [0.25, 0.3) is 5.91 Å². The Morgan fingerprint density at radius 1 is 1.19 bits per heavy atom. The van der Waals surface area contributed by atoms with Crippen molar-refractivity contribution in [2.24, 2.45) is 5.41 Å². The van der Waals surface area contributed by atoms with Gasteiger partial charge in [-0.15, -0.1) is 0 Å². The number of fused-ring (bicyclic) bond motifs is 1. The number of hydrogen-bond acceptors (Lipinski definition) is 3. The van der Waals surface area contributed by atoms with Crippen LogP contribution < -0.4 is 5.32 Å². The van der Waals surface area contributed by atoms with Crippen LogP contribution >= 0.6 is 0 Å². The summed E-state index contributed by atoms with van der Waals surface area (Å²) in [5.74, 6) is -0.408. The summed E-state index contributed by atoms with van der Waals surface area (Å²) in [6.45, 7) is 7.53. The summed E-state index contributed by atoms with van der Waals surface area (Å²) in [5.41, 5.74) is 0.401. The lowest BCUT2D eigenvalue weighted by atomic mass is 9.92. The molecule has 2 amide bonds. The topological polar surface area (TPSA) is 69.6 Å². The van der Waals surface area contributed by atoms with E-state index >= 15 is 0 Å². The fourth-order valence-electron chi connectivity index (χ4n) is 3.54. The first-order valence-electron chi connectivity index (χ1n) is 9.57. The summed E-state index contributed by atoms with van der Waals surface area (Å²) in [6.07, 6.45) is 2.32. The maximum Gasteiger partial charge on any atom is 0.258 e. The molecular weight excluding hydrogens is 340 g/mol. The average Bonchev–Trinajstić information content (AvgIpc) is 3.10. The zero-order chi connectivity index (χ0) is 19.6. The minimum atomic E-state index is -0.469. The molecule has 1 heterocycles. The number of nitrogens with one attached hydrogen (secondary N) is 1. The Kier molecular flexibility index (Phi) is 5.40. The number of phenols is 1. The summed E-state index contributed by atoms with van der Waals surface area (Å²) in [4.78, 5) is 27.2. The van der Waals surface area contributed by atoms with E-state index in [4.69, 9.17) is 0 Å². The van der Waals surface area contributed by atoms with Crippen molar-refractivity contribution in [1.29, 1.82) is 0 Å². The maximum atomic E-state index is 13.0. The van der Waals surface area contributed by atoms with Crippen molar-refractivity contribution in [3.05, 3.63) is 42.0 Å². The molecule has 0 radical (unpaired) electrons. The Morgan fingerprint density at radius 3 is 2.67 bits per heavy atom. The first-order valence-corrected chi connectivity index (χ1v) is 9.57. The number of hydrogen-bond donors (Lipinski definition) is 2. The van der Waals surface area contributed by atoms with Gasteiger partial charge in [-0.25, -0.2) is 0 Å². The third-order valence-corrected chi connectivity index (χ3v) is 5.12. The summed E-state index contributed by atoms with van der Waals surface area (Å²) in [5, 5.41) is 15.1. The van der Waals surface area contributed by atoms with Crippen LogP contribution in [0.5, 0.6) is 5.75 Å². The van der Waals surface area contributed by atoms with Crippen LogP contribution in [0, 0.1) is 5.41 Å². The second kappa shape index (κ2) is 7.59. The van der Waals surface area contributed by atoms with E-state index in [-0.39, 0.29) is 28.5 Å². The lowest BCUT2D eigenvalue weighted by molar-refractivity contribution is -0.124. The predicted octanol–water partition coefficient (Wildman–Crippen LogP) is 3.70. The smallest absolute Gasteiger partial charge is 0.258 e. The van der Waals surface area contributed by atoms with Gasteiger partial charge in [-0.2, -0.15) is 0 Å². The number of benzene rings is 2. The first-order chi connectivity index (χ1) is 12.8. The van der Waals surface area contributed by atoms with Crippen LogP contribution in [0.1, 0.15) is 50.4 Å². The summed E-state index contributed by atoms with van der Waals surface area (Å²) in [6, 6.07) is 10.4. The maximum absolute atomic E-state index is 13.0. The Morgan fingerprint density at radius 2 is 1.93 bits per heavy atom. The number of amides is 2. The molecule has 1 aliphatic rings. The van der Waals surface area contributed by atoms with E-state index in [1.807, 2.05) is 24.3 Å². The molecular formula is C22H28N2O3. The molecule has 5 nitrogen and oxygen atoms in total. The quantitative estimate of drug-likeness (QED) is 0.864. The van der Waals surface area contributed by atoms with Gasteiger partial charge in [0.05, 0.1) is 5.56 Å². The number of nitrogens with zero attached hydrogens (tertiary/aromatic N) is 1. The summed E-state index contributed by atoms with van der Waals surface area (Å²) >= 11 is 0. The fraction of sp³-hybridized carbons (Fsp3) is 0.455. The molecule has 0 bridgehead atoms. The Hall–Kier alpha value is -2.56. The average molecular weight is 368 g/mol. The lowest BCUT2D eigenvalue weighted by Gasteiger charge is -2.25. The molecule has 1 unspecified atom stereocenters. The van der Waals surface area contributed by atoms with Crippen LogP contribution in [0.25, 0.3) is 10.8 Å². The normalized spacial score (nSPS) is 17.3. The zero-order valence-electron chi connectivity index (χ0n) is 16.3. The van der Waals surface area contributed by atoms with Crippen molar-refractivity contribution in [2.75, 3.05) is 13.1 Å². The van der Waals surface area contributed by atoms with E-state index in [1.165, 1.54) is 0 Å². The highest BCUT2D eigenvalue weighted by Crippen LogP contribution is 2.31. The van der Waals surface area contributed by atoms with Gasteiger partial charge in [-0.3, -0.25) is 9.59 Å². The summed E-state index contributed by atoms with van der Waals surface area (Å²) in [7, 11) is 0. The van der Waals surface area contributed by atoms with E-state index in [9.17, 15) is 14.7 Å². The molecule has 1 atom stereocenters. The van der Waals surface area contributed by atoms with Crippen LogP contribution in [0.4, 0.5) is 0 Å². The molecule has 2 aromatic carbocycles. The highest BCUT2D eigenvalue weighted by atomic mass is 16.3. The lowest BCUT2D eigenvalue weighted by Crippen LogP contribution is -2.46. The predicted molar refractivity (Wildman–Crippen MR) is 107 cm³/mol. The highest BCUT2D eigenvalue weighted by molar-refractivity contribution is 6.05. The van der Waals surface area contributed by atoms with Crippen molar-refractivity contribution in [3.63, 3.8) is 0 Å². The number of phenolic OH excluding ortho intramolecular Hbond substituents is 1. The van der Waals surface area contributed by atoms with Gasteiger partial charge in [0.15, 0.2) is 0 Å². The van der Waals surface area contributed by atoms with E-state index in [2.05, 4.69) is 26.1 Å². The number of aromatic hydroxyl groups is 1. The Bertz CT molecular complexity index is 854. The minimum Gasteiger partial charge on any atom is -0.506 e. The number of rotatable bonds is 4. The SMILES string of the molecule is CC(C)(C)CCNC(=O)C1CCCN1C(=O)c1ccc2ccccc2c1O. The Balaban J connectivity index is 1.76. The number of carbonyl (C=O) groups is 2. The van der Waals surface area contributed by atoms with Crippen molar-refractivity contribution in [3.8, 4) is 5.75 Å². The van der Waals surface area contributed by atoms with Gasteiger partial charge in [0.1, 0.15) is 11.8 Å². The largest absolute Gasteiger partial charge is 0.506 e. The first kappa shape index (κ1) is 19.2. The molecule has 144 valence electrons. The molecule has 0 aliphatic carbocycles. The van der Waals surface area contributed by atoms with E-state index < -0.39 is 6.04 Å².